The molecule has 1 aromatic heterocycles. The summed E-state index contributed by atoms with van der Waals surface area (Å²) in [5, 5.41) is 17.1. The van der Waals surface area contributed by atoms with E-state index in [2.05, 4.69) is 22.8 Å². The second-order valence-corrected chi connectivity index (χ2v) is 6.28. The average molecular weight is 370 g/mol. The van der Waals surface area contributed by atoms with Crippen LogP contribution >= 0.6 is 0 Å². The highest BCUT2D eigenvalue weighted by Crippen LogP contribution is 2.45. The molecule has 0 radical (unpaired) electrons. The lowest BCUT2D eigenvalue weighted by molar-refractivity contribution is 0.363. The van der Waals surface area contributed by atoms with E-state index in [4.69, 9.17) is 15.2 Å². The molecule has 6 heteroatoms. The third kappa shape index (κ3) is 2.99. The number of aromatic nitrogens is 2. The molecule has 3 N–H and O–H groups in total. The van der Waals surface area contributed by atoms with Crippen molar-refractivity contribution in [2.45, 2.75) is 5.92 Å². The molecule has 0 aliphatic carbocycles. The lowest BCUT2D eigenvalue weighted by Crippen LogP contribution is -2.21. The molecular weight excluding hydrogens is 352 g/mol. The smallest absolute Gasteiger partial charge is 0.244 e. The first-order chi connectivity index (χ1) is 13.7. The number of aromatic amines is 1. The third-order valence-electron chi connectivity index (χ3n) is 4.58. The SMILES string of the molecule is C=CCOc1ccc(C2C(C#N)=C(N)Oc3n[nH]c(-c4ccccc4)c32)cc1. The quantitative estimate of drug-likeness (QED) is 0.665. The highest BCUT2D eigenvalue weighted by atomic mass is 16.5. The fraction of sp³-hybridized carbons (Fsp3) is 0.0909. The number of hydrogen-bond donors (Lipinski definition) is 2. The van der Waals surface area contributed by atoms with Gasteiger partial charge in [-0.05, 0) is 23.3 Å². The number of benzene rings is 2. The molecule has 0 amide bonds. The van der Waals surface area contributed by atoms with Crippen molar-refractivity contribution in [2.75, 3.05) is 6.61 Å². The highest BCUT2D eigenvalue weighted by molar-refractivity contribution is 5.70. The fourth-order valence-corrected chi connectivity index (χ4v) is 3.31. The number of allylic oxidation sites excluding steroid dienone is 1. The molecule has 0 spiro atoms. The zero-order valence-electron chi connectivity index (χ0n) is 15.1. The Kier molecular flexibility index (Phi) is 4.56. The maximum atomic E-state index is 9.75. The van der Waals surface area contributed by atoms with Crippen LogP contribution in [0.3, 0.4) is 0 Å². The van der Waals surface area contributed by atoms with E-state index in [9.17, 15) is 5.26 Å². The molecule has 1 atom stereocenters. The maximum Gasteiger partial charge on any atom is 0.244 e. The summed E-state index contributed by atoms with van der Waals surface area (Å²) in [4.78, 5) is 0. The minimum Gasteiger partial charge on any atom is -0.490 e. The van der Waals surface area contributed by atoms with Gasteiger partial charge in [-0.15, -0.1) is 5.10 Å². The van der Waals surface area contributed by atoms with Gasteiger partial charge in [-0.3, -0.25) is 5.10 Å². The van der Waals surface area contributed by atoms with E-state index in [1.54, 1.807) is 6.08 Å². The van der Waals surface area contributed by atoms with Crippen molar-refractivity contribution in [3.05, 3.63) is 89.8 Å². The van der Waals surface area contributed by atoms with Crippen LogP contribution in [0, 0.1) is 11.3 Å². The number of H-pyrrole nitrogens is 1. The van der Waals surface area contributed by atoms with E-state index < -0.39 is 5.92 Å². The summed E-state index contributed by atoms with van der Waals surface area (Å²) < 4.78 is 11.2. The van der Waals surface area contributed by atoms with Crippen LogP contribution in [0.15, 0.2) is 78.7 Å². The minimum atomic E-state index is -0.392. The number of nitrogens with one attached hydrogen (secondary N) is 1. The van der Waals surface area contributed by atoms with Gasteiger partial charge >= 0.3 is 0 Å². The summed E-state index contributed by atoms with van der Waals surface area (Å²) in [6.45, 7) is 4.08. The molecule has 0 fully saturated rings. The van der Waals surface area contributed by atoms with Gasteiger partial charge in [0, 0.05) is 0 Å². The number of fused-ring (bicyclic) bond motifs is 1. The Labute approximate surface area is 162 Å². The zero-order chi connectivity index (χ0) is 19.5. The molecule has 3 aromatic rings. The van der Waals surface area contributed by atoms with Crippen LogP contribution in [-0.2, 0) is 0 Å². The predicted molar refractivity (Wildman–Crippen MR) is 105 cm³/mol. The summed E-state index contributed by atoms with van der Waals surface area (Å²) in [6.07, 6.45) is 1.69. The number of hydrogen-bond acceptors (Lipinski definition) is 5. The van der Waals surface area contributed by atoms with Crippen molar-refractivity contribution < 1.29 is 9.47 Å². The molecule has 28 heavy (non-hydrogen) atoms. The van der Waals surface area contributed by atoms with E-state index in [0.717, 1.165) is 28.1 Å². The second-order valence-electron chi connectivity index (χ2n) is 6.28. The first-order valence-corrected chi connectivity index (χ1v) is 8.78. The van der Waals surface area contributed by atoms with Gasteiger partial charge in [0.1, 0.15) is 24.0 Å². The minimum absolute atomic E-state index is 0.0677. The lowest BCUT2D eigenvalue weighted by atomic mass is 9.83. The van der Waals surface area contributed by atoms with E-state index in [-0.39, 0.29) is 5.88 Å². The Morgan fingerprint density at radius 1 is 1.21 bits per heavy atom. The topological polar surface area (TPSA) is 96.9 Å². The van der Waals surface area contributed by atoms with Gasteiger partial charge in [-0.1, -0.05) is 55.1 Å². The second kappa shape index (κ2) is 7.33. The molecule has 2 heterocycles. The van der Waals surface area contributed by atoms with Crippen molar-refractivity contribution in [3.8, 4) is 29.0 Å². The molecule has 6 nitrogen and oxygen atoms in total. The van der Waals surface area contributed by atoms with Crippen LogP contribution in [0.25, 0.3) is 11.3 Å². The summed E-state index contributed by atoms with van der Waals surface area (Å²) >= 11 is 0. The molecule has 2 aromatic carbocycles. The fourth-order valence-electron chi connectivity index (χ4n) is 3.31. The predicted octanol–water partition coefficient (Wildman–Crippen LogP) is 3.86. The number of nitrogens with zero attached hydrogens (tertiary/aromatic N) is 2. The van der Waals surface area contributed by atoms with Crippen molar-refractivity contribution in [1.82, 2.24) is 10.2 Å². The average Bonchev–Trinajstić information content (AvgIpc) is 3.15. The molecule has 4 rings (SSSR count). The largest absolute Gasteiger partial charge is 0.490 e. The van der Waals surface area contributed by atoms with Gasteiger partial charge in [0.05, 0.1) is 17.2 Å². The molecule has 0 bridgehead atoms. The van der Waals surface area contributed by atoms with Crippen molar-refractivity contribution in [3.63, 3.8) is 0 Å². The molecule has 1 aliphatic heterocycles. The van der Waals surface area contributed by atoms with E-state index >= 15 is 0 Å². The van der Waals surface area contributed by atoms with Crippen LogP contribution in [0.5, 0.6) is 11.6 Å². The summed E-state index contributed by atoms with van der Waals surface area (Å²) in [6, 6.07) is 19.6. The van der Waals surface area contributed by atoms with Crippen molar-refractivity contribution in [2.24, 2.45) is 5.73 Å². The van der Waals surface area contributed by atoms with Crippen LogP contribution in [-0.4, -0.2) is 16.8 Å². The Balaban J connectivity index is 1.83. The van der Waals surface area contributed by atoms with E-state index in [0.29, 0.717) is 18.1 Å². The van der Waals surface area contributed by atoms with Gasteiger partial charge in [-0.2, -0.15) is 5.26 Å². The standard InChI is InChI=1S/C22H18N4O2/c1-2-12-27-16-10-8-14(9-11-16)18-17(13-23)21(24)28-22-19(18)20(25-26-22)15-6-4-3-5-7-15/h2-11,18H,1,12,24H2,(H,25,26). The Bertz CT molecular complexity index is 1080. The van der Waals surface area contributed by atoms with Crippen molar-refractivity contribution in [1.29, 1.82) is 5.26 Å². The highest BCUT2D eigenvalue weighted by Gasteiger charge is 2.35. The Hall–Kier alpha value is -3.98. The van der Waals surface area contributed by atoms with Crippen LogP contribution in [0.4, 0.5) is 0 Å². The first-order valence-electron chi connectivity index (χ1n) is 8.78. The number of ether oxygens (including phenoxy) is 2. The molecule has 0 saturated heterocycles. The Morgan fingerprint density at radius 3 is 2.64 bits per heavy atom. The molecule has 138 valence electrons. The van der Waals surface area contributed by atoms with Crippen LogP contribution < -0.4 is 15.2 Å². The lowest BCUT2D eigenvalue weighted by Gasteiger charge is -2.24. The molecule has 0 saturated carbocycles. The number of nitriles is 1. The summed E-state index contributed by atoms with van der Waals surface area (Å²) in [7, 11) is 0. The van der Waals surface area contributed by atoms with E-state index in [1.165, 1.54) is 0 Å². The summed E-state index contributed by atoms with van der Waals surface area (Å²) in [5.41, 5.74) is 9.81. The van der Waals surface area contributed by atoms with Gasteiger partial charge < -0.3 is 15.2 Å². The van der Waals surface area contributed by atoms with Crippen molar-refractivity contribution >= 4 is 0 Å². The van der Waals surface area contributed by atoms with Crippen LogP contribution in [0.1, 0.15) is 17.0 Å². The number of nitrogens with two attached hydrogens (primary N) is 1. The Morgan fingerprint density at radius 2 is 1.96 bits per heavy atom. The molecule has 1 aliphatic rings. The van der Waals surface area contributed by atoms with Gasteiger partial charge in [-0.25, -0.2) is 0 Å². The van der Waals surface area contributed by atoms with E-state index in [1.807, 2.05) is 54.6 Å². The maximum absolute atomic E-state index is 9.75. The normalized spacial score (nSPS) is 15.3. The zero-order valence-corrected chi connectivity index (χ0v) is 15.1. The molecule has 1 unspecified atom stereocenters. The van der Waals surface area contributed by atoms with Gasteiger partial charge in [0.15, 0.2) is 0 Å². The number of rotatable bonds is 5. The van der Waals surface area contributed by atoms with Crippen LogP contribution in [0.2, 0.25) is 0 Å². The third-order valence-corrected chi connectivity index (χ3v) is 4.58. The first kappa shape index (κ1) is 17.4. The van der Waals surface area contributed by atoms with Gasteiger partial charge in [0.25, 0.3) is 0 Å². The van der Waals surface area contributed by atoms with Gasteiger partial charge in [0.2, 0.25) is 11.8 Å². The molecular formula is C22H18N4O2. The summed E-state index contributed by atoms with van der Waals surface area (Å²) in [5.74, 6) is 0.781. The monoisotopic (exact) mass is 370 g/mol.